The van der Waals surface area contributed by atoms with Crippen molar-refractivity contribution in [2.75, 3.05) is 13.1 Å². The lowest BCUT2D eigenvalue weighted by atomic mass is 10.1. The minimum Gasteiger partial charge on any atom is -0.328 e. The van der Waals surface area contributed by atoms with Crippen LogP contribution in [0.15, 0.2) is 18.2 Å². The molecular formula is C12H17Cl2FN2. The SMILES string of the molecule is Cl.NC1CCN(Cc2ccc(F)cc2Cl)CC1. The topological polar surface area (TPSA) is 29.3 Å². The van der Waals surface area contributed by atoms with Gasteiger partial charge >= 0.3 is 0 Å². The highest BCUT2D eigenvalue weighted by molar-refractivity contribution is 6.31. The van der Waals surface area contributed by atoms with Gasteiger partial charge in [0.25, 0.3) is 0 Å². The smallest absolute Gasteiger partial charge is 0.124 e. The van der Waals surface area contributed by atoms with Crippen molar-refractivity contribution < 1.29 is 4.39 Å². The molecule has 0 aromatic heterocycles. The molecule has 1 heterocycles. The Balaban J connectivity index is 0.00000144. The Labute approximate surface area is 112 Å². The second kappa shape index (κ2) is 6.55. The maximum absolute atomic E-state index is 12.9. The van der Waals surface area contributed by atoms with Crippen LogP contribution in [0.3, 0.4) is 0 Å². The average Bonchev–Trinajstić information content (AvgIpc) is 2.25. The summed E-state index contributed by atoms with van der Waals surface area (Å²) >= 11 is 5.99. The van der Waals surface area contributed by atoms with Crippen LogP contribution < -0.4 is 5.73 Å². The molecule has 0 spiro atoms. The fourth-order valence-corrected chi connectivity index (χ4v) is 2.23. The van der Waals surface area contributed by atoms with Gasteiger partial charge in [-0.15, -0.1) is 12.4 Å². The molecule has 5 heteroatoms. The first kappa shape index (κ1) is 14.7. The van der Waals surface area contributed by atoms with E-state index >= 15 is 0 Å². The highest BCUT2D eigenvalue weighted by Crippen LogP contribution is 2.20. The number of hydrogen-bond donors (Lipinski definition) is 1. The highest BCUT2D eigenvalue weighted by atomic mass is 35.5. The van der Waals surface area contributed by atoms with Gasteiger partial charge in [-0.1, -0.05) is 17.7 Å². The lowest BCUT2D eigenvalue weighted by molar-refractivity contribution is 0.205. The molecular weight excluding hydrogens is 262 g/mol. The van der Waals surface area contributed by atoms with Crippen LogP contribution in [0.4, 0.5) is 4.39 Å². The zero-order chi connectivity index (χ0) is 11.5. The summed E-state index contributed by atoms with van der Waals surface area (Å²) < 4.78 is 12.9. The maximum Gasteiger partial charge on any atom is 0.124 e. The van der Waals surface area contributed by atoms with Gasteiger partial charge in [0.1, 0.15) is 5.82 Å². The molecule has 1 aliphatic rings. The molecule has 1 aliphatic heterocycles. The van der Waals surface area contributed by atoms with Crippen molar-refractivity contribution in [3.8, 4) is 0 Å². The van der Waals surface area contributed by atoms with Gasteiger partial charge in [-0.05, 0) is 43.6 Å². The van der Waals surface area contributed by atoms with Crippen LogP contribution in [0.25, 0.3) is 0 Å². The quantitative estimate of drug-likeness (QED) is 0.902. The van der Waals surface area contributed by atoms with E-state index in [4.69, 9.17) is 17.3 Å². The van der Waals surface area contributed by atoms with E-state index in [1.54, 1.807) is 6.07 Å². The van der Waals surface area contributed by atoms with E-state index in [1.807, 2.05) is 0 Å². The van der Waals surface area contributed by atoms with Crippen LogP contribution in [0.1, 0.15) is 18.4 Å². The molecule has 1 saturated heterocycles. The molecule has 0 bridgehead atoms. The fourth-order valence-electron chi connectivity index (χ4n) is 2.00. The van der Waals surface area contributed by atoms with Crippen molar-refractivity contribution in [2.24, 2.45) is 5.73 Å². The maximum atomic E-state index is 12.9. The Morgan fingerprint density at radius 1 is 1.35 bits per heavy atom. The van der Waals surface area contributed by atoms with E-state index in [1.165, 1.54) is 12.1 Å². The van der Waals surface area contributed by atoms with Crippen LogP contribution in [-0.4, -0.2) is 24.0 Å². The van der Waals surface area contributed by atoms with Crippen molar-refractivity contribution in [1.82, 2.24) is 4.90 Å². The number of likely N-dealkylation sites (tertiary alicyclic amines) is 1. The van der Waals surface area contributed by atoms with E-state index in [0.717, 1.165) is 38.0 Å². The first-order valence-electron chi connectivity index (χ1n) is 5.57. The van der Waals surface area contributed by atoms with Gasteiger partial charge in [0.2, 0.25) is 0 Å². The highest BCUT2D eigenvalue weighted by Gasteiger charge is 2.16. The molecule has 1 fully saturated rings. The van der Waals surface area contributed by atoms with E-state index in [0.29, 0.717) is 11.1 Å². The summed E-state index contributed by atoms with van der Waals surface area (Å²) in [5, 5.41) is 0.509. The normalized spacial score (nSPS) is 17.8. The minimum atomic E-state index is -0.283. The average molecular weight is 279 g/mol. The number of nitrogens with zero attached hydrogens (tertiary/aromatic N) is 1. The molecule has 1 aromatic rings. The summed E-state index contributed by atoms with van der Waals surface area (Å²) in [5.74, 6) is -0.283. The summed E-state index contributed by atoms with van der Waals surface area (Å²) in [6.45, 7) is 2.77. The third kappa shape index (κ3) is 4.11. The number of hydrogen-bond acceptors (Lipinski definition) is 2. The molecule has 0 atom stereocenters. The van der Waals surface area contributed by atoms with Crippen LogP contribution in [-0.2, 0) is 6.54 Å². The minimum absolute atomic E-state index is 0. The second-order valence-electron chi connectivity index (χ2n) is 4.35. The molecule has 0 radical (unpaired) electrons. The van der Waals surface area contributed by atoms with E-state index in [-0.39, 0.29) is 18.2 Å². The van der Waals surface area contributed by atoms with Crippen LogP contribution in [0, 0.1) is 5.82 Å². The number of piperidine rings is 1. The molecule has 0 saturated carbocycles. The Kier molecular flexibility index (Phi) is 5.67. The molecule has 2 nitrogen and oxygen atoms in total. The van der Waals surface area contributed by atoms with Crippen molar-refractivity contribution in [1.29, 1.82) is 0 Å². The van der Waals surface area contributed by atoms with E-state index in [2.05, 4.69) is 4.90 Å². The number of rotatable bonds is 2. The molecule has 1 aromatic carbocycles. The monoisotopic (exact) mass is 278 g/mol. The molecule has 17 heavy (non-hydrogen) atoms. The Bertz CT molecular complexity index is 366. The fraction of sp³-hybridized carbons (Fsp3) is 0.500. The van der Waals surface area contributed by atoms with Crippen molar-refractivity contribution >= 4 is 24.0 Å². The lowest BCUT2D eigenvalue weighted by Gasteiger charge is -2.30. The van der Waals surface area contributed by atoms with Gasteiger partial charge < -0.3 is 5.73 Å². The van der Waals surface area contributed by atoms with Crippen molar-refractivity contribution in [3.63, 3.8) is 0 Å². The van der Waals surface area contributed by atoms with E-state index < -0.39 is 0 Å². The van der Waals surface area contributed by atoms with Crippen molar-refractivity contribution in [3.05, 3.63) is 34.6 Å². The van der Waals surface area contributed by atoms with Crippen LogP contribution in [0.5, 0.6) is 0 Å². The third-order valence-electron chi connectivity index (χ3n) is 3.04. The Hall–Kier alpha value is -0.350. The van der Waals surface area contributed by atoms with Gasteiger partial charge in [-0.2, -0.15) is 0 Å². The predicted molar refractivity (Wildman–Crippen MR) is 71.1 cm³/mol. The standard InChI is InChI=1S/C12H16ClFN2.ClH/c13-12-7-10(14)2-1-9(12)8-16-5-3-11(15)4-6-16;/h1-2,7,11H,3-6,8,15H2;1H. The van der Waals surface area contributed by atoms with Crippen molar-refractivity contribution in [2.45, 2.75) is 25.4 Å². The largest absolute Gasteiger partial charge is 0.328 e. The van der Waals surface area contributed by atoms with Gasteiger partial charge in [0.15, 0.2) is 0 Å². The second-order valence-corrected chi connectivity index (χ2v) is 4.76. The van der Waals surface area contributed by atoms with Gasteiger partial charge in [-0.25, -0.2) is 4.39 Å². The molecule has 96 valence electrons. The first-order valence-corrected chi connectivity index (χ1v) is 5.95. The number of nitrogens with two attached hydrogens (primary N) is 1. The number of benzene rings is 1. The molecule has 2 rings (SSSR count). The van der Waals surface area contributed by atoms with Gasteiger partial charge in [-0.3, -0.25) is 4.90 Å². The summed E-state index contributed by atoms with van der Waals surface area (Å²) in [7, 11) is 0. The molecule has 2 N–H and O–H groups in total. The molecule has 0 aliphatic carbocycles. The van der Waals surface area contributed by atoms with Gasteiger partial charge in [0.05, 0.1) is 0 Å². The summed E-state index contributed by atoms with van der Waals surface area (Å²) in [4.78, 5) is 2.31. The summed E-state index contributed by atoms with van der Waals surface area (Å²) in [6, 6.07) is 4.91. The predicted octanol–water partition coefficient (Wildman–Crippen LogP) is 2.82. The number of halogens is 3. The third-order valence-corrected chi connectivity index (χ3v) is 3.39. The Morgan fingerprint density at radius 2 is 2.00 bits per heavy atom. The van der Waals surface area contributed by atoms with Crippen LogP contribution >= 0.6 is 24.0 Å². The lowest BCUT2D eigenvalue weighted by Crippen LogP contribution is -2.39. The zero-order valence-electron chi connectivity index (χ0n) is 9.53. The molecule has 0 unspecified atom stereocenters. The summed E-state index contributed by atoms with van der Waals surface area (Å²) in [5.41, 5.74) is 6.82. The van der Waals surface area contributed by atoms with Gasteiger partial charge in [0, 0.05) is 17.6 Å². The summed E-state index contributed by atoms with van der Waals surface area (Å²) in [6.07, 6.45) is 2.05. The first-order chi connectivity index (χ1) is 7.65. The Morgan fingerprint density at radius 3 is 2.59 bits per heavy atom. The molecule has 0 amide bonds. The van der Waals surface area contributed by atoms with E-state index in [9.17, 15) is 4.39 Å². The van der Waals surface area contributed by atoms with Crippen LogP contribution in [0.2, 0.25) is 5.02 Å². The zero-order valence-corrected chi connectivity index (χ0v) is 11.1.